The first-order valence-corrected chi connectivity index (χ1v) is 12.0. The number of ketones is 1. The third-order valence-corrected chi connectivity index (χ3v) is 6.37. The topological polar surface area (TPSA) is 79.3 Å². The number of likely N-dealkylation sites (N-methyl/N-ethyl adjacent to an activating group) is 1. The van der Waals surface area contributed by atoms with Gasteiger partial charge in [0.25, 0.3) is 11.7 Å². The van der Waals surface area contributed by atoms with Crippen LogP contribution in [0, 0.1) is 0 Å². The van der Waals surface area contributed by atoms with Gasteiger partial charge in [-0.2, -0.15) is 0 Å². The van der Waals surface area contributed by atoms with Crippen molar-refractivity contribution in [3.63, 3.8) is 0 Å². The summed E-state index contributed by atoms with van der Waals surface area (Å²) in [4.78, 5) is 30.2. The number of anilines is 2. The molecule has 1 amide bonds. The Labute approximate surface area is 210 Å². The van der Waals surface area contributed by atoms with E-state index in [-0.39, 0.29) is 17.4 Å². The molecule has 0 saturated carbocycles. The van der Waals surface area contributed by atoms with E-state index in [1.807, 2.05) is 56.1 Å². The molecule has 5 rings (SSSR count). The Bertz CT molecular complexity index is 1330. The van der Waals surface area contributed by atoms with Crippen molar-refractivity contribution in [2.24, 2.45) is 0 Å². The van der Waals surface area contributed by atoms with Gasteiger partial charge in [-0.25, -0.2) is 0 Å². The molecule has 1 unspecified atom stereocenters. The minimum absolute atomic E-state index is 0.00968. The molecule has 2 aliphatic heterocycles. The van der Waals surface area contributed by atoms with Crippen molar-refractivity contribution in [1.29, 1.82) is 0 Å². The molecule has 0 aromatic heterocycles. The summed E-state index contributed by atoms with van der Waals surface area (Å²) in [6.45, 7) is 5.16. The molecule has 1 fully saturated rings. The van der Waals surface area contributed by atoms with E-state index < -0.39 is 17.7 Å². The number of rotatable bonds is 5. The zero-order chi connectivity index (χ0) is 25.4. The van der Waals surface area contributed by atoms with Crippen LogP contribution in [0.15, 0.2) is 78.4 Å². The van der Waals surface area contributed by atoms with E-state index in [1.165, 1.54) is 4.90 Å². The normalized spacial score (nSPS) is 18.8. The number of ether oxygens (including phenoxy) is 2. The van der Waals surface area contributed by atoms with Gasteiger partial charge in [0.1, 0.15) is 23.9 Å². The molecule has 1 atom stereocenters. The summed E-state index contributed by atoms with van der Waals surface area (Å²) in [5.74, 6) is -0.259. The fraction of sp³-hybridized carbons (Fsp3) is 0.241. The van der Waals surface area contributed by atoms with Crippen molar-refractivity contribution in [2.75, 3.05) is 30.0 Å². The fourth-order valence-corrected chi connectivity index (χ4v) is 4.66. The molecule has 0 radical (unpaired) electrons. The molecule has 2 aliphatic rings. The molecule has 184 valence electrons. The average molecular weight is 485 g/mol. The van der Waals surface area contributed by atoms with Crippen LogP contribution in [-0.2, 0) is 9.59 Å². The molecule has 0 bridgehead atoms. The second-order valence-electron chi connectivity index (χ2n) is 9.19. The van der Waals surface area contributed by atoms with Crippen molar-refractivity contribution in [1.82, 2.24) is 0 Å². The number of hydrogen-bond donors (Lipinski definition) is 1. The van der Waals surface area contributed by atoms with Gasteiger partial charge >= 0.3 is 0 Å². The van der Waals surface area contributed by atoms with Crippen LogP contribution in [0.25, 0.3) is 5.76 Å². The Hall–Kier alpha value is -4.26. The number of hydrogen-bond acceptors (Lipinski definition) is 6. The minimum atomic E-state index is -0.784. The Morgan fingerprint density at radius 3 is 2.44 bits per heavy atom. The number of fused-ring (bicyclic) bond motifs is 1. The highest BCUT2D eigenvalue weighted by Gasteiger charge is 2.47. The van der Waals surface area contributed by atoms with E-state index in [0.29, 0.717) is 35.9 Å². The summed E-state index contributed by atoms with van der Waals surface area (Å²) < 4.78 is 11.4. The van der Waals surface area contributed by atoms with Crippen LogP contribution in [0.1, 0.15) is 31.0 Å². The summed E-state index contributed by atoms with van der Waals surface area (Å²) in [6.07, 6.45) is 0.00968. The number of amides is 1. The zero-order valence-electron chi connectivity index (χ0n) is 20.5. The zero-order valence-corrected chi connectivity index (χ0v) is 20.5. The van der Waals surface area contributed by atoms with Crippen LogP contribution >= 0.6 is 0 Å². The van der Waals surface area contributed by atoms with E-state index in [4.69, 9.17) is 9.47 Å². The molecular formula is C29H28N2O5. The van der Waals surface area contributed by atoms with Crippen molar-refractivity contribution in [2.45, 2.75) is 26.0 Å². The van der Waals surface area contributed by atoms with Crippen LogP contribution in [0.2, 0.25) is 0 Å². The van der Waals surface area contributed by atoms with Gasteiger partial charge in [-0.1, -0.05) is 30.3 Å². The lowest BCUT2D eigenvalue weighted by Gasteiger charge is -2.28. The molecule has 0 spiro atoms. The Morgan fingerprint density at radius 1 is 1.03 bits per heavy atom. The number of aliphatic hydroxyl groups is 1. The fourth-order valence-electron chi connectivity index (χ4n) is 4.66. The Balaban J connectivity index is 1.63. The number of benzene rings is 3. The maximum Gasteiger partial charge on any atom is 0.300 e. The van der Waals surface area contributed by atoms with Gasteiger partial charge in [0, 0.05) is 18.3 Å². The smallest absolute Gasteiger partial charge is 0.300 e. The molecule has 0 aliphatic carbocycles. The lowest BCUT2D eigenvalue weighted by atomic mass is 9.95. The summed E-state index contributed by atoms with van der Waals surface area (Å²) in [6, 6.07) is 20.8. The van der Waals surface area contributed by atoms with Gasteiger partial charge in [-0.15, -0.1) is 0 Å². The highest BCUT2D eigenvalue weighted by molar-refractivity contribution is 6.51. The van der Waals surface area contributed by atoms with E-state index in [9.17, 15) is 14.7 Å². The quantitative estimate of drug-likeness (QED) is 0.314. The highest BCUT2D eigenvalue weighted by Crippen LogP contribution is 2.43. The molecule has 3 aromatic carbocycles. The summed E-state index contributed by atoms with van der Waals surface area (Å²) in [5, 5.41) is 11.4. The number of Topliss-reactive ketones (excluding diaryl/α,β-unsaturated/α-hetero) is 1. The Kier molecular flexibility index (Phi) is 6.14. The van der Waals surface area contributed by atoms with Crippen molar-refractivity contribution < 1.29 is 24.2 Å². The van der Waals surface area contributed by atoms with Gasteiger partial charge in [0.05, 0.1) is 30.0 Å². The number of carbonyl (C=O) groups excluding carboxylic acids is 2. The SMILES string of the molecule is CC(C)Oc1ccc(N2C(=O)C(=O)/C(=C(\O)c3ccc4c(c3)N(C)CCO4)C2c2ccccc2)cc1. The van der Waals surface area contributed by atoms with E-state index >= 15 is 0 Å². The summed E-state index contributed by atoms with van der Waals surface area (Å²) >= 11 is 0. The second kappa shape index (κ2) is 9.41. The number of nitrogens with zero attached hydrogens (tertiary/aromatic N) is 2. The monoisotopic (exact) mass is 484 g/mol. The number of carbonyl (C=O) groups is 2. The molecule has 2 heterocycles. The van der Waals surface area contributed by atoms with Gasteiger partial charge in [0.2, 0.25) is 0 Å². The summed E-state index contributed by atoms with van der Waals surface area (Å²) in [5.41, 5.74) is 2.58. The maximum atomic E-state index is 13.4. The van der Waals surface area contributed by atoms with Gasteiger partial charge in [0.15, 0.2) is 0 Å². The largest absolute Gasteiger partial charge is 0.507 e. The Morgan fingerprint density at radius 2 is 1.75 bits per heavy atom. The number of aliphatic hydroxyl groups excluding tert-OH is 1. The lowest BCUT2D eigenvalue weighted by Crippen LogP contribution is -2.29. The van der Waals surface area contributed by atoms with Crippen LogP contribution in [0.3, 0.4) is 0 Å². The van der Waals surface area contributed by atoms with Crippen LogP contribution < -0.4 is 19.3 Å². The van der Waals surface area contributed by atoms with Crippen molar-refractivity contribution in [3.05, 3.63) is 89.5 Å². The third kappa shape index (κ3) is 4.17. The van der Waals surface area contributed by atoms with E-state index in [2.05, 4.69) is 0 Å². The molecule has 3 aromatic rings. The summed E-state index contributed by atoms with van der Waals surface area (Å²) in [7, 11) is 1.95. The molecular weight excluding hydrogens is 456 g/mol. The third-order valence-electron chi connectivity index (χ3n) is 6.37. The van der Waals surface area contributed by atoms with Crippen molar-refractivity contribution >= 4 is 28.8 Å². The minimum Gasteiger partial charge on any atom is -0.507 e. The average Bonchev–Trinajstić information content (AvgIpc) is 3.14. The van der Waals surface area contributed by atoms with Crippen LogP contribution in [0.5, 0.6) is 11.5 Å². The maximum absolute atomic E-state index is 13.4. The second-order valence-corrected chi connectivity index (χ2v) is 9.19. The molecule has 7 nitrogen and oxygen atoms in total. The highest BCUT2D eigenvalue weighted by atomic mass is 16.5. The first-order valence-electron chi connectivity index (χ1n) is 12.0. The molecule has 1 N–H and O–H groups in total. The predicted molar refractivity (Wildman–Crippen MR) is 139 cm³/mol. The van der Waals surface area contributed by atoms with Crippen molar-refractivity contribution in [3.8, 4) is 11.5 Å². The molecule has 1 saturated heterocycles. The van der Waals surface area contributed by atoms with E-state index in [0.717, 1.165) is 11.3 Å². The predicted octanol–water partition coefficient (Wildman–Crippen LogP) is 4.93. The standard InChI is InChI=1S/C29H28N2O5/c1-18(2)36-22-12-10-21(11-13-22)31-26(19-7-5-4-6-8-19)25(28(33)29(31)34)27(32)20-9-14-24-23(17-20)30(3)15-16-35-24/h4-14,17-18,26,32H,15-16H2,1-3H3/b27-25-. The first-order chi connectivity index (χ1) is 17.3. The van der Waals surface area contributed by atoms with Crippen LogP contribution in [0.4, 0.5) is 11.4 Å². The van der Waals surface area contributed by atoms with E-state index in [1.54, 1.807) is 42.5 Å². The van der Waals surface area contributed by atoms with Gasteiger partial charge in [-0.05, 0) is 61.9 Å². The van der Waals surface area contributed by atoms with Gasteiger partial charge < -0.3 is 19.5 Å². The molecule has 7 heteroatoms. The van der Waals surface area contributed by atoms with Gasteiger partial charge in [-0.3, -0.25) is 14.5 Å². The van der Waals surface area contributed by atoms with Crippen LogP contribution in [-0.4, -0.2) is 43.1 Å². The first kappa shape index (κ1) is 23.5. The lowest BCUT2D eigenvalue weighted by molar-refractivity contribution is -0.132. The molecule has 36 heavy (non-hydrogen) atoms.